The summed E-state index contributed by atoms with van der Waals surface area (Å²) in [5.74, 6) is -0.168. The number of benzene rings is 1. The maximum absolute atomic E-state index is 14.0. The lowest BCUT2D eigenvalue weighted by Crippen LogP contribution is -2.50. The van der Waals surface area contributed by atoms with Crippen LogP contribution in [0.15, 0.2) is 24.3 Å². The summed E-state index contributed by atoms with van der Waals surface area (Å²) in [5, 5.41) is 9.82. The topological polar surface area (TPSA) is 102 Å². The minimum atomic E-state index is -0.250. The van der Waals surface area contributed by atoms with Gasteiger partial charge in [-0.2, -0.15) is 0 Å². The van der Waals surface area contributed by atoms with Gasteiger partial charge in [0.25, 0.3) is 6.47 Å². The number of carbonyl (C=O) groups is 3. The molecule has 34 heavy (non-hydrogen) atoms. The first-order chi connectivity index (χ1) is 16.3. The van der Waals surface area contributed by atoms with E-state index in [0.29, 0.717) is 44.8 Å². The number of likely N-dealkylation sites (N-methyl/N-ethyl adjacent to an activating group) is 1. The monoisotopic (exact) mass is 480 g/mol. The Morgan fingerprint density at radius 2 is 1.79 bits per heavy atom. The van der Waals surface area contributed by atoms with E-state index in [9.17, 15) is 14.0 Å². The van der Waals surface area contributed by atoms with Crippen molar-refractivity contribution in [3.63, 3.8) is 0 Å². The fraction of sp³-hybridized carbons (Fsp3) is 0.625. The molecule has 0 saturated carbocycles. The number of likely N-dealkylation sites (tertiary alicyclic amines) is 1. The number of hydrogen-bond donors (Lipinski definition) is 2. The number of hydrogen-bond acceptors (Lipinski definition) is 6. The molecule has 1 aromatic carbocycles. The number of carbonyl (C=O) groups excluding carboxylic acids is 2. The average molecular weight is 481 g/mol. The number of halogens is 1. The highest BCUT2D eigenvalue weighted by molar-refractivity contribution is 5.77. The van der Waals surface area contributed by atoms with Gasteiger partial charge in [0.2, 0.25) is 11.8 Å². The lowest BCUT2D eigenvalue weighted by atomic mass is 10.1. The molecule has 0 bridgehead atoms. The molecule has 2 N–H and O–H groups in total. The van der Waals surface area contributed by atoms with Crippen LogP contribution in [0.3, 0.4) is 0 Å². The van der Waals surface area contributed by atoms with Gasteiger partial charge in [-0.05, 0) is 45.9 Å². The predicted molar refractivity (Wildman–Crippen MR) is 127 cm³/mol. The van der Waals surface area contributed by atoms with Gasteiger partial charge in [0.15, 0.2) is 0 Å². The summed E-state index contributed by atoms with van der Waals surface area (Å²) in [6, 6.07) is 7.20. The minimum absolute atomic E-state index is 0.0314. The zero-order valence-corrected chi connectivity index (χ0v) is 20.3. The molecule has 2 atom stereocenters. The van der Waals surface area contributed by atoms with Gasteiger partial charge in [0.1, 0.15) is 12.4 Å². The molecule has 0 aliphatic carbocycles. The Kier molecular flexibility index (Phi) is 11.2. The summed E-state index contributed by atoms with van der Waals surface area (Å²) in [4.78, 5) is 39.2. The number of nitrogens with zero attached hydrogens (tertiary/aromatic N) is 3. The number of carboxylic acid groups (broad SMARTS) is 1. The van der Waals surface area contributed by atoms with E-state index >= 15 is 0 Å². The van der Waals surface area contributed by atoms with E-state index < -0.39 is 0 Å². The standard InChI is InChI=1S/C23H35FN4O3.CH2O2/c1-17(2)31-16-22(29)25-15-19-9-8-18(26(19)3)14-23(30)28-12-10-27(11-13-28)21-7-5-4-6-20(21)24;2-1-3/h4-7,17-19H,8-16H2,1-3H3,(H,25,29);1H,(H,2,3)/t18-,19+;/m1./s1. The van der Waals surface area contributed by atoms with E-state index in [4.69, 9.17) is 14.6 Å². The second-order valence-corrected chi connectivity index (χ2v) is 8.84. The van der Waals surface area contributed by atoms with Gasteiger partial charge in [-0.1, -0.05) is 12.1 Å². The van der Waals surface area contributed by atoms with Crippen molar-refractivity contribution in [2.75, 3.05) is 51.3 Å². The Labute approximate surface area is 200 Å². The molecule has 10 heteroatoms. The van der Waals surface area contributed by atoms with Crippen molar-refractivity contribution >= 4 is 24.0 Å². The highest BCUT2D eigenvalue weighted by Crippen LogP contribution is 2.26. The van der Waals surface area contributed by atoms with Crippen LogP contribution in [-0.2, 0) is 19.1 Å². The van der Waals surface area contributed by atoms with Crippen LogP contribution in [0.1, 0.15) is 33.1 Å². The van der Waals surface area contributed by atoms with Gasteiger partial charge in [-0.25, -0.2) is 4.39 Å². The smallest absolute Gasteiger partial charge is 0.290 e. The molecule has 1 aromatic rings. The van der Waals surface area contributed by atoms with Crippen LogP contribution >= 0.6 is 0 Å². The molecule has 3 rings (SSSR count). The summed E-state index contributed by atoms with van der Waals surface area (Å²) < 4.78 is 19.3. The highest BCUT2D eigenvalue weighted by Gasteiger charge is 2.33. The average Bonchev–Trinajstić information content (AvgIpc) is 3.16. The summed E-state index contributed by atoms with van der Waals surface area (Å²) in [7, 11) is 2.03. The first-order valence-electron chi connectivity index (χ1n) is 11.7. The maximum atomic E-state index is 14.0. The number of para-hydroxylation sites is 1. The lowest BCUT2D eigenvalue weighted by molar-refractivity contribution is -0.132. The van der Waals surface area contributed by atoms with Crippen LogP contribution in [0.2, 0.25) is 0 Å². The SMILES string of the molecule is CC(C)OCC(=O)NC[C@@H]1CC[C@H](CC(=O)N2CCN(c3ccccc3F)CC2)N1C.O=CO. The van der Waals surface area contributed by atoms with Crippen LogP contribution in [-0.4, -0.2) is 97.8 Å². The fourth-order valence-electron chi connectivity index (χ4n) is 4.34. The quantitative estimate of drug-likeness (QED) is 0.545. The maximum Gasteiger partial charge on any atom is 0.290 e. The van der Waals surface area contributed by atoms with Crippen molar-refractivity contribution in [2.45, 2.75) is 51.3 Å². The third kappa shape index (κ3) is 8.25. The number of nitrogens with one attached hydrogen (secondary N) is 1. The zero-order chi connectivity index (χ0) is 25.1. The molecule has 0 spiro atoms. The Balaban J connectivity index is 0.00000129. The van der Waals surface area contributed by atoms with Crippen molar-refractivity contribution in [2.24, 2.45) is 0 Å². The van der Waals surface area contributed by atoms with Gasteiger partial charge < -0.3 is 25.0 Å². The number of rotatable bonds is 8. The first kappa shape index (κ1) is 27.5. The van der Waals surface area contributed by atoms with E-state index in [-0.39, 0.29) is 48.9 Å². The summed E-state index contributed by atoms with van der Waals surface area (Å²) in [6.07, 6.45) is 2.42. The Morgan fingerprint density at radius 1 is 1.18 bits per heavy atom. The predicted octanol–water partition coefficient (Wildman–Crippen LogP) is 1.57. The van der Waals surface area contributed by atoms with E-state index in [1.54, 1.807) is 12.1 Å². The molecule has 2 saturated heterocycles. The highest BCUT2D eigenvalue weighted by atomic mass is 19.1. The van der Waals surface area contributed by atoms with Gasteiger partial charge in [0, 0.05) is 51.2 Å². The first-order valence-corrected chi connectivity index (χ1v) is 11.7. The Morgan fingerprint density at radius 3 is 2.41 bits per heavy atom. The molecular weight excluding hydrogens is 443 g/mol. The largest absolute Gasteiger partial charge is 0.483 e. The summed E-state index contributed by atoms with van der Waals surface area (Å²) in [6.45, 7) is 6.70. The zero-order valence-electron chi connectivity index (χ0n) is 20.3. The van der Waals surface area contributed by atoms with Crippen LogP contribution in [0.4, 0.5) is 10.1 Å². The molecule has 2 aliphatic heterocycles. The molecule has 0 unspecified atom stereocenters. The molecule has 2 fully saturated rings. The molecule has 2 amide bonds. The van der Waals surface area contributed by atoms with Crippen molar-refractivity contribution in [3.8, 4) is 0 Å². The Hall–Kier alpha value is -2.72. The molecule has 0 radical (unpaired) electrons. The molecule has 2 heterocycles. The molecular formula is C24H37FN4O5. The van der Waals surface area contributed by atoms with Gasteiger partial charge in [-0.3, -0.25) is 19.3 Å². The third-order valence-electron chi connectivity index (χ3n) is 6.30. The second-order valence-electron chi connectivity index (χ2n) is 8.84. The molecule has 9 nitrogen and oxygen atoms in total. The van der Waals surface area contributed by atoms with Gasteiger partial charge in [0.05, 0.1) is 11.8 Å². The molecule has 0 aromatic heterocycles. The number of ether oxygens (including phenoxy) is 1. The Bertz CT molecular complexity index is 801. The van der Waals surface area contributed by atoms with Gasteiger partial charge in [-0.15, -0.1) is 0 Å². The van der Waals surface area contributed by atoms with Crippen molar-refractivity contribution in [1.82, 2.24) is 15.1 Å². The van der Waals surface area contributed by atoms with Crippen molar-refractivity contribution in [3.05, 3.63) is 30.1 Å². The van der Waals surface area contributed by atoms with E-state index in [1.165, 1.54) is 6.07 Å². The number of piperazine rings is 1. The normalized spacial score (nSPS) is 20.6. The van der Waals surface area contributed by atoms with E-state index in [0.717, 1.165) is 12.8 Å². The second kappa shape index (κ2) is 13.9. The van der Waals surface area contributed by atoms with Crippen molar-refractivity contribution < 1.29 is 28.6 Å². The van der Waals surface area contributed by atoms with Crippen LogP contribution in [0.5, 0.6) is 0 Å². The lowest BCUT2D eigenvalue weighted by Gasteiger charge is -2.37. The number of anilines is 1. The minimum Gasteiger partial charge on any atom is -0.483 e. The van der Waals surface area contributed by atoms with E-state index in [1.807, 2.05) is 36.8 Å². The van der Waals surface area contributed by atoms with Crippen LogP contribution < -0.4 is 10.2 Å². The summed E-state index contributed by atoms with van der Waals surface area (Å²) in [5.41, 5.74) is 0.605. The van der Waals surface area contributed by atoms with Crippen molar-refractivity contribution in [1.29, 1.82) is 0 Å². The third-order valence-corrected chi connectivity index (χ3v) is 6.30. The number of amides is 2. The van der Waals surface area contributed by atoms with Gasteiger partial charge >= 0.3 is 0 Å². The van der Waals surface area contributed by atoms with Crippen LogP contribution in [0, 0.1) is 5.82 Å². The van der Waals surface area contributed by atoms with E-state index in [2.05, 4.69) is 10.2 Å². The summed E-state index contributed by atoms with van der Waals surface area (Å²) >= 11 is 0. The molecule has 190 valence electrons. The fourth-order valence-corrected chi connectivity index (χ4v) is 4.34. The molecule has 2 aliphatic rings. The van der Waals surface area contributed by atoms with Crippen LogP contribution in [0.25, 0.3) is 0 Å².